The molecule has 7 heteroatoms. The van der Waals surface area contributed by atoms with Gasteiger partial charge in [-0.3, -0.25) is 9.78 Å². The molecule has 0 atom stereocenters. The summed E-state index contributed by atoms with van der Waals surface area (Å²) < 4.78 is 15.8. The maximum atomic E-state index is 12.6. The van der Waals surface area contributed by atoms with Gasteiger partial charge in [-0.1, -0.05) is 30.3 Å². The van der Waals surface area contributed by atoms with Gasteiger partial charge in [0.15, 0.2) is 0 Å². The molecular weight excluding hydrogens is 386 g/mol. The number of benzene rings is 2. The predicted molar refractivity (Wildman–Crippen MR) is 111 cm³/mol. The van der Waals surface area contributed by atoms with Crippen molar-refractivity contribution < 1.29 is 28.9 Å². The average Bonchev–Trinajstić information content (AvgIpc) is 2.73. The van der Waals surface area contributed by atoms with Crippen molar-refractivity contribution in [1.82, 2.24) is 4.98 Å². The predicted octanol–water partition coefficient (Wildman–Crippen LogP) is 4.42. The van der Waals surface area contributed by atoms with Crippen LogP contribution in [0.3, 0.4) is 0 Å². The van der Waals surface area contributed by atoms with Crippen molar-refractivity contribution in [2.45, 2.75) is 13.8 Å². The van der Waals surface area contributed by atoms with Gasteiger partial charge in [-0.15, -0.1) is 0 Å². The Kier molecular flexibility index (Phi) is 6.64. The molecule has 30 heavy (non-hydrogen) atoms. The van der Waals surface area contributed by atoms with Crippen molar-refractivity contribution in [2.75, 3.05) is 13.2 Å². The Balaban J connectivity index is 2.10. The van der Waals surface area contributed by atoms with Gasteiger partial charge in [0.2, 0.25) is 0 Å². The van der Waals surface area contributed by atoms with E-state index in [1.165, 1.54) is 6.92 Å². The second-order valence-electron chi connectivity index (χ2n) is 6.28. The van der Waals surface area contributed by atoms with E-state index in [-0.39, 0.29) is 12.2 Å². The lowest BCUT2D eigenvalue weighted by Gasteiger charge is -2.14. The van der Waals surface area contributed by atoms with E-state index in [1.54, 1.807) is 37.4 Å². The molecule has 1 N–H and O–H groups in total. The SMILES string of the molecule is CCOC(=O)C(=C(O)COC(C)=O)c1cccc2ncc(Oc3ccccc3)cc12. The van der Waals surface area contributed by atoms with Crippen molar-refractivity contribution in [3.05, 3.63) is 72.1 Å². The Hall–Kier alpha value is -3.87. The minimum atomic E-state index is -0.732. The van der Waals surface area contributed by atoms with Crippen LogP contribution < -0.4 is 4.74 Å². The van der Waals surface area contributed by atoms with Gasteiger partial charge in [0.1, 0.15) is 29.4 Å². The first-order chi connectivity index (χ1) is 14.5. The van der Waals surface area contributed by atoms with Gasteiger partial charge in [0.05, 0.1) is 18.3 Å². The molecule has 0 saturated carbocycles. The molecule has 0 aliphatic rings. The smallest absolute Gasteiger partial charge is 0.342 e. The Morgan fingerprint density at radius 1 is 1.00 bits per heavy atom. The van der Waals surface area contributed by atoms with Crippen LogP contribution in [-0.2, 0) is 19.1 Å². The standard InChI is InChI=1S/C23H21NO6/c1-3-28-23(27)22(21(26)14-29-15(2)25)18-10-7-11-20-19(18)12-17(13-24-20)30-16-8-5-4-6-9-16/h4-13,26H,3,14H2,1-2H3. The number of rotatable bonds is 7. The van der Waals surface area contributed by atoms with E-state index in [1.807, 2.05) is 30.3 Å². The van der Waals surface area contributed by atoms with E-state index >= 15 is 0 Å². The lowest BCUT2D eigenvalue weighted by atomic mass is 9.99. The number of hydrogen-bond acceptors (Lipinski definition) is 7. The Bertz CT molecular complexity index is 1090. The van der Waals surface area contributed by atoms with Gasteiger partial charge in [-0.05, 0) is 31.2 Å². The van der Waals surface area contributed by atoms with Crippen LogP contribution in [0.4, 0.5) is 0 Å². The number of aliphatic hydroxyl groups is 1. The van der Waals surface area contributed by atoms with Gasteiger partial charge in [0, 0.05) is 17.9 Å². The number of hydrogen-bond donors (Lipinski definition) is 1. The average molecular weight is 407 g/mol. The van der Waals surface area contributed by atoms with Gasteiger partial charge in [0.25, 0.3) is 0 Å². The van der Waals surface area contributed by atoms with Crippen LogP contribution in [0.25, 0.3) is 16.5 Å². The topological polar surface area (TPSA) is 95.0 Å². The third-order valence-electron chi connectivity index (χ3n) is 4.13. The van der Waals surface area contributed by atoms with Crippen LogP contribution in [0.5, 0.6) is 11.5 Å². The fourth-order valence-electron chi connectivity index (χ4n) is 2.86. The molecule has 0 fully saturated rings. The molecule has 0 saturated heterocycles. The first-order valence-electron chi connectivity index (χ1n) is 9.34. The monoisotopic (exact) mass is 407 g/mol. The van der Waals surface area contributed by atoms with Crippen LogP contribution in [0.2, 0.25) is 0 Å². The number of aromatic nitrogens is 1. The highest BCUT2D eigenvalue weighted by atomic mass is 16.5. The molecule has 1 heterocycles. The quantitative estimate of drug-likeness (QED) is 0.352. The Morgan fingerprint density at radius 2 is 1.77 bits per heavy atom. The number of carbonyl (C=O) groups excluding carboxylic acids is 2. The fourth-order valence-corrected chi connectivity index (χ4v) is 2.86. The zero-order valence-electron chi connectivity index (χ0n) is 16.6. The number of ether oxygens (including phenoxy) is 3. The normalized spacial score (nSPS) is 11.5. The van der Waals surface area contributed by atoms with Crippen molar-refractivity contribution in [2.24, 2.45) is 0 Å². The molecule has 154 valence electrons. The van der Waals surface area contributed by atoms with Gasteiger partial charge in [-0.25, -0.2) is 4.79 Å². The third kappa shape index (κ3) is 4.94. The zero-order chi connectivity index (χ0) is 21.5. The molecule has 3 aromatic rings. The summed E-state index contributed by atoms with van der Waals surface area (Å²) in [5, 5.41) is 11.1. The largest absolute Gasteiger partial charge is 0.508 e. The van der Waals surface area contributed by atoms with Crippen molar-refractivity contribution in [3.8, 4) is 11.5 Å². The van der Waals surface area contributed by atoms with E-state index < -0.39 is 24.3 Å². The van der Waals surface area contributed by atoms with Crippen molar-refractivity contribution >= 4 is 28.4 Å². The van der Waals surface area contributed by atoms with E-state index in [2.05, 4.69) is 4.98 Å². The van der Waals surface area contributed by atoms with Crippen LogP contribution in [-0.4, -0.2) is 35.2 Å². The molecule has 7 nitrogen and oxygen atoms in total. The molecule has 0 unspecified atom stereocenters. The lowest BCUT2D eigenvalue weighted by Crippen LogP contribution is -2.13. The number of pyridine rings is 1. The molecule has 2 aromatic carbocycles. The molecular formula is C23H21NO6. The highest BCUT2D eigenvalue weighted by Gasteiger charge is 2.22. The molecule has 0 radical (unpaired) electrons. The maximum Gasteiger partial charge on any atom is 0.342 e. The van der Waals surface area contributed by atoms with Crippen LogP contribution in [0.15, 0.2) is 66.6 Å². The Labute approximate surface area is 173 Å². The molecule has 0 aliphatic heterocycles. The highest BCUT2D eigenvalue weighted by molar-refractivity contribution is 6.20. The zero-order valence-corrected chi connectivity index (χ0v) is 16.6. The van der Waals surface area contributed by atoms with Gasteiger partial charge in [-0.2, -0.15) is 0 Å². The summed E-state index contributed by atoms with van der Waals surface area (Å²) >= 11 is 0. The minimum absolute atomic E-state index is 0.0950. The number of para-hydroxylation sites is 1. The molecule has 0 amide bonds. The number of fused-ring (bicyclic) bond motifs is 1. The number of aliphatic hydroxyl groups excluding tert-OH is 1. The first-order valence-corrected chi connectivity index (χ1v) is 9.34. The third-order valence-corrected chi connectivity index (χ3v) is 4.13. The van der Waals surface area contributed by atoms with Crippen LogP contribution in [0.1, 0.15) is 19.4 Å². The highest BCUT2D eigenvalue weighted by Crippen LogP contribution is 2.31. The van der Waals surface area contributed by atoms with Gasteiger partial charge < -0.3 is 19.3 Å². The maximum absolute atomic E-state index is 12.6. The summed E-state index contributed by atoms with van der Waals surface area (Å²) in [5.41, 5.74) is 0.888. The molecule has 0 bridgehead atoms. The van der Waals surface area contributed by atoms with E-state index in [0.29, 0.717) is 28.0 Å². The Morgan fingerprint density at radius 3 is 2.47 bits per heavy atom. The second kappa shape index (κ2) is 9.56. The summed E-state index contributed by atoms with van der Waals surface area (Å²) in [6.45, 7) is 2.55. The second-order valence-corrected chi connectivity index (χ2v) is 6.28. The van der Waals surface area contributed by atoms with Gasteiger partial charge >= 0.3 is 11.9 Å². The fraction of sp³-hybridized carbons (Fsp3) is 0.174. The number of esters is 2. The summed E-state index contributed by atoms with van der Waals surface area (Å²) in [6.07, 6.45) is 1.57. The summed E-state index contributed by atoms with van der Waals surface area (Å²) in [7, 11) is 0. The van der Waals surface area contributed by atoms with E-state index in [0.717, 1.165) is 0 Å². The number of carbonyl (C=O) groups is 2. The van der Waals surface area contributed by atoms with E-state index in [4.69, 9.17) is 14.2 Å². The van der Waals surface area contributed by atoms with E-state index in [9.17, 15) is 14.7 Å². The van der Waals surface area contributed by atoms with Crippen LogP contribution in [0, 0.1) is 0 Å². The molecule has 0 spiro atoms. The number of nitrogens with zero attached hydrogens (tertiary/aromatic N) is 1. The summed E-state index contributed by atoms with van der Waals surface area (Å²) in [5.74, 6) is -0.628. The molecule has 0 aliphatic carbocycles. The molecule has 3 rings (SSSR count). The summed E-state index contributed by atoms with van der Waals surface area (Å²) in [6, 6.07) is 16.1. The lowest BCUT2D eigenvalue weighted by molar-refractivity contribution is -0.141. The minimum Gasteiger partial charge on any atom is -0.508 e. The molecule has 1 aromatic heterocycles. The van der Waals surface area contributed by atoms with Crippen molar-refractivity contribution in [3.63, 3.8) is 0 Å². The summed E-state index contributed by atoms with van der Waals surface area (Å²) in [4.78, 5) is 28.1. The van der Waals surface area contributed by atoms with Crippen molar-refractivity contribution in [1.29, 1.82) is 0 Å². The first kappa shape index (κ1) is 20.9. The van der Waals surface area contributed by atoms with Crippen LogP contribution >= 0.6 is 0 Å².